The minimum Gasteiger partial charge on any atom is -0.316 e. The molecule has 3 heteroatoms. The van der Waals surface area contributed by atoms with E-state index in [-0.39, 0.29) is 0 Å². The number of benzene rings is 1. The molecule has 0 saturated heterocycles. The third-order valence-electron chi connectivity index (χ3n) is 3.85. The third-order valence-corrected chi connectivity index (χ3v) is 4.38. The molecule has 120 valence electrons. The summed E-state index contributed by atoms with van der Waals surface area (Å²) in [5.41, 5.74) is 1.73. The van der Waals surface area contributed by atoms with Crippen LogP contribution in [0.2, 0.25) is 0 Å². The molecule has 0 bridgehead atoms. The first-order chi connectivity index (χ1) is 9.99. The highest BCUT2D eigenvalue weighted by molar-refractivity contribution is 9.10. The van der Waals surface area contributed by atoms with Crippen molar-refractivity contribution in [1.82, 2.24) is 10.2 Å². The maximum absolute atomic E-state index is 3.60. The zero-order valence-electron chi connectivity index (χ0n) is 14.1. The highest BCUT2D eigenvalue weighted by Crippen LogP contribution is 2.24. The molecular weight excluding hydrogens is 324 g/mol. The van der Waals surface area contributed by atoms with Gasteiger partial charge in [-0.2, -0.15) is 0 Å². The molecule has 0 saturated carbocycles. The fraction of sp³-hybridized carbons (Fsp3) is 0.667. The first-order valence-corrected chi connectivity index (χ1v) is 8.92. The van der Waals surface area contributed by atoms with Gasteiger partial charge in [-0.1, -0.05) is 55.3 Å². The van der Waals surface area contributed by atoms with Gasteiger partial charge in [0.1, 0.15) is 0 Å². The average molecular weight is 355 g/mol. The number of nitrogens with one attached hydrogen (secondary N) is 1. The van der Waals surface area contributed by atoms with Crippen molar-refractivity contribution in [2.24, 2.45) is 5.41 Å². The Balaban J connectivity index is 2.54. The van der Waals surface area contributed by atoms with Gasteiger partial charge < -0.3 is 10.2 Å². The van der Waals surface area contributed by atoms with E-state index >= 15 is 0 Å². The summed E-state index contributed by atoms with van der Waals surface area (Å²) in [5.74, 6) is 0. The summed E-state index contributed by atoms with van der Waals surface area (Å²) in [4.78, 5) is 2.45. The van der Waals surface area contributed by atoms with Crippen molar-refractivity contribution < 1.29 is 0 Å². The number of nitrogens with zero attached hydrogens (tertiary/aromatic N) is 1. The lowest BCUT2D eigenvalue weighted by Gasteiger charge is -2.34. The van der Waals surface area contributed by atoms with Crippen molar-refractivity contribution in [3.05, 3.63) is 34.3 Å². The van der Waals surface area contributed by atoms with Gasteiger partial charge in [-0.25, -0.2) is 0 Å². The maximum Gasteiger partial charge on any atom is 0.0230 e. The normalized spacial score (nSPS) is 14.4. The first-order valence-electron chi connectivity index (χ1n) is 8.13. The second-order valence-electron chi connectivity index (χ2n) is 6.54. The predicted octanol–water partition coefficient (Wildman–Crippen LogP) is 4.69. The highest BCUT2D eigenvalue weighted by Gasteiger charge is 2.24. The van der Waals surface area contributed by atoms with E-state index in [0.29, 0.717) is 5.41 Å². The number of halogens is 1. The molecule has 1 N–H and O–H groups in total. The fourth-order valence-electron chi connectivity index (χ4n) is 3.00. The molecule has 0 amide bonds. The smallest absolute Gasteiger partial charge is 0.0230 e. The van der Waals surface area contributed by atoms with Gasteiger partial charge in [0.05, 0.1) is 0 Å². The number of rotatable bonds is 10. The SMILES string of the molecule is CCCNCC(C)(CCC)CN(C)Cc1ccc(Br)cc1. The Morgan fingerprint density at radius 3 is 2.38 bits per heavy atom. The summed E-state index contributed by atoms with van der Waals surface area (Å²) in [5, 5.41) is 3.60. The van der Waals surface area contributed by atoms with Crippen LogP contribution in [-0.4, -0.2) is 31.6 Å². The van der Waals surface area contributed by atoms with E-state index < -0.39 is 0 Å². The van der Waals surface area contributed by atoms with Crippen molar-refractivity contribution in [3.8, 4) is 0 Å². The summed E-state index contributed by atoms with van der Waals surface area (Å²) in [6.45, 7) is 11.3. The Kier molecular flexibility index (Phi) is 8.53. The minimum absolute atomic E-state index is 0.355. The van der Waals surface area contributed by atoms with Crippen LogP contribution in [0.15, 0.2) is 28.7 Å². The first kappa shape index (κ1) is 18.7. The lowest BCUT2D eigenvalue weighted by atomic mass is 9.84. The molecule has 0 fully saturated rings. The van der Waals surface area contributed by atoms with Crippen molar-refractivity contribution in [2.45, 2.75) is 46.6 Å². The molecule has 0 aliphatic rings. The van der Waals surface area contributed by atoms with Gasteiger partial charge in [-0.3, -0.25) is 0 Å². The van der Waals surface area contributed by atoms with Crippen molar-refractivity contribution >= 4 is 15.9 Å². The van der Waals surface area contributed by atoms with Gasteiger partial charge in [0.15, 0.2) is 0 Å². The quantitative estimate of drug-likeness (QED) is 0.613. The van der Waals surface area contributed by atoms with Gasteiger partial charge in [-0.15, -0.1) is 0 Å². The molecule has 1 aromatic rings. The van der Waals surface area contributed by atoms with E-state index in [0.717, 1.165) is 30.7 Å². The molecule has 0 aliphatic carbocycles. The number of hydrogen-bond acceptors (Lipinski definition) is 2. The fourth-order valence-corrected chi connectivity index (χ4v) is 3.27. The molecule has 1 aromatic carbocycles. The molecular formula is C18H31BrN2. The summed E-state index contributed by atoms with van der Waals surface area (Å²) in [7, 11) is 2.23. The molecule has 0 radical (unpaired) electrons. The van der Waals surface area contributed by atoms with Crippen molar-refractivity contribution in [1.29, 1.82) is 0 Å². The average Bonchev–Trinajstić information content (AvgIpc) is 2.41. The van der Waals surface area contributed by atoms with E-state index in [1.807, 2.05) is 0 Å². The van der Waals surface area contributed by atoms with Gasteiger partial charge in [0, 0.05) is 24.1 Å². The molecule has 21 heavy (non-hydrogen) atoms. The second-order valence-corrected chi connectivity index (χ2v) is 7.45. The Labute approximate surface area is 139 Å². The lowest BCUT2D eigenvalue weighted by molar-refractivity contribution is 0.168. The van der Waals surface area contributed by atoms with E-state index in [2.05, 4.69) is 78.2 Å². The summed E-state index contributed by atoms with van der Waals surface area (Å²) >= 11 is 3.49. The Bertz CT molecular complexity index is 391. The largest absolute Gasteiger partial charge is 0.316 e. The predicted molar refractivity (Wildman–Crippen MR) is 96.7 cm³/mol. The minimum atomic E-state index is 0.355. The van der Waals surface area contributed by atoms with E-state index in [1.165, 1.54) is 24.8 Å². The van der Waals surface area contributed by atoms with Crippen LogP contribution >= 0.6 is 15.9 Å². The van der Waals surface area contributed by atoms with E-state index in [1.54, 1.807) is 0 Å². The van der Waals surface area contributed by atoms with Gasteiger partial charge in [0.25, 0.3) is 0 Å². The topological polar surface area (TPSA) is 15.3 Å². The Hall–Kier alpha value is -0.380. The van der Waals surface area contributed by atoms with Crippen LogP contribution in [-0.2, 0) is 6.54 Å². The zero-order chi connectivity index (χ0) is 15.7. The van der Waals surface area contributed by atoms with Gasteiger partial charge in [0.2, 0.25) is 0 Å². The molecule has 1 unspecified atom stereocenters. The highest BCUT2D eigenvalue weighted by atomic mass is 79.9. The van der Waals surface area contributed by atoms with Crippen molar-refractivity contribution in [3.63, 3.8) is 0 Å². The lowest BCUT2D eigenvalue weighted by Crippen LogP contribution is -2.41. The van der Waals surface area contributed by atoms with Crippen LogP contribution in [0.5, 0.6) is 0 Å². The van der Waals surface area contributed by atoms with Crippen LogP contribution in [0, 0.1) is 5.41 Å². The molecule has 0 spiro atoms. The molecule has 1 rings (SSSR count). The Morgan fingerprint density at radius 1 is 1.14 bits per heavy atom. The van der Waals surface area contributed by atoms with E-state index in [9.17, 15) is 0 Å². The van der Waals surface area contributed by atoms with E-state index in [4.69, 9.17) is 0 Å². The van der Waals surface area contributed by atoms with Crippen LogP contribution < -0.4 is 5.32 Å². The zero-order valence-corrected chi connectivity index (χ0v) is 15.7. The van der Waals surface area contributed by atoms with Crippen LogP contribution in [0.1, 0.15) is 45.6 Å². The van der Waals surface area contributed by atoms with Crippen LogP contribution in [0.25, 0.3) is 0 Å². The number of hydrogen-bond donors (Lipinski definition) is 1. The summed E-state index contributed by atoms with van der Waals surface area (Å²) in [6.07, 6.45) is 3.72. The monoisotopic (exact) mass is 354 g/mol. The second kappa shape index (κ2) is 9.60. The molecule has 0 aliphatic heterocycles. The van der Waals surface area contributed by atoms with Gasteiger partial charge >= 0.3 is 0 Å². The molecule has 1 atom stereocenters. The molecule has 0 heterocycles. The van der Waals surface area contributed by atoms with Crippen molar-refractivity contribution in [2.75, 3.05) is 26.7 Å². The maximum atomic E-state index is 3.60. The van der Waals surface area contributed by atoms with Crippen LogP contribution in [0.4, 0.5) is 0 Å². The third kappa shape index (κ3) is 7.44. The standard InChI is InChI=1S/C18H31BrN2/c1-5-11-18(3,14-20-12-6-2)15-21(4)13-16-7-9-17(19)10-8-16/h7-10,20H,5-6,11-15H2,1-4H3. The molecule has 0 aromatic heterocycles. The summed E-state index contributed by atoms with van der Waals surface area (Å²) < 4.78 is 1.15. The van der Waals surface area contributed by atoms with Crippen LogP contribution in [0.3, 0.4) is 0 Å². The summed E-state index contributed by atoms with van der Waals surface area (Å²) in [6, 6.07) is 8.65. The van der Waals surface area contributed by atoms with Gasteiger partial charge in [-0.05, 0) is 49.5 Å². The molecule has 2 nitrogen and oxygen atoms in total. The Morgan fingerprint density at radius 2 is 1.81 bits per heavy atom.